The molecular weight excluding hydrogens is 247 g/mol. The summed E-state index contributed by atoms with van der Waals surface area (Å²) in [4.78, 5) is 6.21. The second-order valence-electron chi connectivity index (χ2n) is 4.50. The average Bonchev–Trinajstić information content (AvgIpc) is 2.86. The van der Waals surface area contributed by atoms with Crippen LogP contribution in [0.15, 0.2) is 24.5 Å². The van der Waals surface area contributed by atoms with E-state index in [4.69, 9.17) is 10.5 Å². The van der Waals surface area contributed by atoms with Gasteiger partial charge in [0.2, 0.25) is 0 Å². The quantitative estimate of drug-likeness (QED) is 0.836. The highest BCUT2D eigenvalue weighted by Gasteiger charge is 2.20. The van der Waals surface area contributed by atoms with E-state index in [2.05, 4.69) is 9.55 Å². The first-order valence-corrected chi connectivity index (χ1v) is 6.07. The first-order chi connectivity index (χ1) is 9.19. The number of methoxy groups -OCH3 is 1. The molecule has 1 aromatic carbocycles. The lowest BCUT2D eigenvalue weighted by Crippen LogP contribution is -2.34. The molecular formula is C13H15FN4O. The lowest BCUT2D eigenvalue weighted by molar-refractivity contribution is 0.415. The highest BCUT2D eigenvalue weighted by Crippen LogP contribution is 2.32. The molecule has 0 unspecified atom stereocenters. The van der Waals surface area contributed by atoms with Gasteiger partial charge < -0.3 is 19.9 Å². The van der Waals surface area contributed by atoms with E-state index in [9.17, 15) is 4.39 Å². The number of halogens is 1. The highest BCUT2D eigenvalue weighted by atomic mass is 19.1. The zero-order valence-electron chi connectivity index (χ0n) is 10.6. The van der Waals surface area contributed by atoms with Crippen LogP contribution in [-0.4, -0.2) is 23.2 Å². The molecule has 0 saturated carbocycles. The predicted molar refractivity (Wildman–Crippen MR) is 70.6 cm³/mol. The Morgan fingerprint density at radius 3 is 3.00 bits per heavy atom. The van der Waals surface area contributed by atoms with Crippen molar-refractivity contribution in [2.24, 2.45) is 0 Å². The average molecular weight is 262 g/mol. The number of rotatable bonds is 2. The van der Waals surface area contributed by atoms with Crippen molar-refractivity contribution in [1.82, 2.24) is 9.55 Å². The van der Waals surface area contributed by atoms with Crippen molar-refractivity contribution in [3.05, 3.63) is 36.2 Å². The standard InChI is InChI=1S/C13H15FN4O/c1-19-12-7-11(9(14)6-10(12)15)18-5-4-17-3-2-16-13(17)8-18/h2-3,6-7H,4-5,8,15H2,1H3. The van der Waals surface area contributed by atoms with Crippen LogP contribution in [0.3, 0.4) is 0 Å². The van der Waals surface area contributed by atoms with Crippen LogP contribution in [0.2, 0.25) is 0 Å². The summed E-state index contributed by atoms with van der Waals surface area (Å²) >= 11 is 0. The molecule has 2 heterocycles. The SMILES string of the molecule is COc1cc(N2CCn3ccnc3C2)c(F)cc1N. The van der Waals surface area contributed by atoms with Crippen LogP contribution in [0.25, 0.3) is 0 Å². The van der Waals surface area contributed by atoms with Gasteiger partial charge in [-0.3, -0.25) is 0 Å². The van der Waals surface area contributed by atoms with Gasteiger partial charge in [0.05, 0.1) is 25.0 Å². The number of ether oxygens (including phenoxy) is 1. The first kappa shape index (κ1) is 11.8. The number of imidazole rings is 1. The van der Waals surface area contributed by atoms with Gasteiger partial charge in [-0.05, 0) is 0 Å². The summed E-state index contributed by atoms with van der Waals surface area (Å²) in [5.41, 5.74) is 6.50. The molecule has 1 aliphatic heterocycles. The fourth-order valence-electron chi connectivity index (χ4n) is 2.36. The van der Waals surface area contributed by atoms with Gasteiger partial charge in [-0.25, -0.2) is 9.37 Å². The molecule has 1 aromatic heterocycles. The zero-order chi connectivity index (χ0) is 13.4. The van der Waals surface area contributed by atoms with Gasteiger partial charge in [0.15, 0.2) is 0 Å². The van der Waals surface area contributed by atoms with Crippen molar-refractivity contribution < 1.29 is 9.13 Å². The molecule has 100 valence electrons. The zero-order valence-corrected chi connectivity index (χ0v) is 10.6. The van der Waals surface area contributed by atoms with E-state index in [-0.39, 0.29) is 5.82 Å². The van der Waals surface area contributed by atoms with Gasteiger partial charge >= 0.3 is 0 Å². The monoisotopic (exact) mass is 262 g/mol. The van der Waals surface area contributed by atoms with E-state index >= 15 is 0 Å². The molecule has 5 nitrogen and oxygen atoms in total. The molecule has 19 heavy (non-hydrogen) atoms. The largest absolute Gasteiger partial charge is 0.495 e. The topological polar surface area (TPSA) is 56.3 Å². The van der Waals surface area contributed by atoms with Crippen LogP contribution >= 0.6 is 0 Å². The molecule has 0 amide bonds. The fourth-order valence-corrected chi connectivity index (χ4v) is 2.36. The number of nitrogens with two attached hydrogens (primary N) is 1. The number of nitrogens with zero attached hydrogens (tertiary/aromatic N) is 3. The van der Waals surface area contributed by atoms with Crippen molar-refractivity contribution in [1.29, 1.82) is 0 Å². The summed E-state index contributed by atoms with van der Waals surface area (Å²) in [5, 5.41) is 0. The molecule has 0 aliphatic carbocycles. The number of nitrogen functional groups attached to an aromatic ring is 1. The summed E-state index contributed by atoms with van der Waals surface area (Å²) in [6.07, 6.45) is 3.70. The van der Waals surface area contributed by atoms with Gasteiger partial charge in [0.1, 0.15) is 17.4 Å². The van der Waals surface area contributed by atoms with E-state index in [0.29, 0.717) is 23.7 Å². The number of anilines is 2. The molecule has 0 spiro atoms. The van der Waals surface area contributed by atoms with Gasteiger partial charge in [-0.15, -0.1) is 0 Å². The van der Waals surface area contributed by atoms with E-state index in [1.807, 2.05) is 11.1 Å². The Morgan fingerprint density at radius 1 is 1.37 bits per heavy atom. The van der Waals surface area contributed by atoms with E-state index in [1.54, 1.807) is 12.3 Å². The molecule has 2 N–H and O–H groups in total. The summed E-state index contributed by atoms with van der Waals surface area (Å²) in [6.45, 7) is 2.10. The number of benzene rings is 1. The number of hydrogen-bond donors (Lipinski definition) is 1. The van der Waals surface area contributed by atoms with Crippen LogP contribution in [0.1, 0.15) is 5.82 Å². The summed E-state index contributed by atoms with van der Waals surface area (Å²) in [6, 6.07) is 2.94. The molecule has 0 bridgehead atoms. The maximum absolute atomic E-state index is 14.0. The lowest BCUT2D eigenvalue weighted by atomic mass is 10.2. The minimum atomic E-state index is -0.335. The molecule has 0 atom stereocenters. The third-order valence-electron chi connectivity index (χ3n) is 3.38. The Bertz CT molecular complexity index is 611. The minimum Gasteiger partial charge on any atom is -0.495 e. The third kappa shape index (κ3) is 1.99. The normalized spacial score (nSPS) is 14.3. The smallest absolute Gasteiger partial charge is 0.148 e. The van der Waals surface area contributed by atoms with Crippen LogP contribution < -0.4 is 15.4 Å². The van der Waals surface area contributed by atoms with Crippen LogP contribution in [0, 0.1) is 5.82 Å². The summed E-state index contributed by atoms with van der Waals surface area (Å²) in [5.74, 6) is 1.09. The molecule has 3 rings (SSSR count). The molecule has 0 radical (unpaired) electrons. The molecule has 2 aromatic rings. The van der Waals surface area contributed by atoms with E-state index < -0.39 is 0 Å². The van der Waals surface area contributed by atoms with Crippen molar-refractivity contribution in [2.75, 3.05) is 24.3 Å². The van der Waals surface area contributed by atoms with Crippen molar-refractivity contribution in [2.45, 2.75) is 13.1 Å². The van der Waals surface area contributed by atoms with Crippen molar-refractivity contribution >= 4 is 11.4 Å². The fraction of sp³-hybridized carbons (Fsp3) is 0.308. The number of hydrogen-bond acceptors (Lipinski definition) is 4. The molecule has 0 saturated heterocycles. The van der Waals surface area contributed by atoms with Crippen LogP contribution in [-0.2, 0) is 13.1 Å². The van der Waals surface area contributed by atoms with Crippen LogP contribution in [0.5, 0.6) is 5.75 Å². The summed E-state index contributed by atoms with van der Waals surface area (Å²) < 4.78 is 21.3. The Morgan fingerprint density at radius 2 is 2.21 bits per heavy atom. The molecule has 0 fully saturated rings. The number of aromatic nitrogens is 2. The van der Waals surface area contributed by atoms with Crippen molar-refractivity contribution in [3.63, 3.8) is 0 Å². The Balaban J connectivity index is 1.95. The summed E-state index contributed by atoms with van der Waals surface area (Å²) in [7, 11) is 1.52. The lowest BCUT2D eigenvalue weighted by Gasteiger charge is -2.30. The second kappa shape index (κ2) is 4.46. The third-order valence-corrected chi connectivity index (χ3v) is 3.38. The Labute approximate surface area is 110 Å². The van der Waals surface area contributed by atoms with Gasteiger partial charge in [-0.1, -0.05) is 0 Å². The second-order valence-corrected chi connectivity index (χ2v) is 4.50. The van der Waals surface area contributed by atoms with Crippen LogP contribution in [0.4, 0.5) is 15.8 Å². The number of fused-ring (bicyclic) bond motifs is 1. The Hall–Kier alpha value is -2.24. The molecule has 6 heteroatoms. The predicted octanol–water partition coefficient (Wildman–Crippen LogP) is 1.63. The Kier molecular flexibility index (Phi) is 2.77. The van der Waals surface area contributed by atoms with Gasteiger partial charge in [-0.2, -0.15) is 0 Å². The molecule has 1 aliphatic rings. The maximum Gasteiger partial charge on any atom is 0.148 e. The van der Waals surface area contributed by atoms with E-state index in [0.717, 1.165) is 18.9 Å². The maximum atomic E-state index is 14.0. The van der Waals surface area contributed by atoms with Gasteiger partial charge in [0, 0.05) is 37.6 Å². The highest BCUT2D eigenvalue weighted by molar-refractivity contribution is 5.63. The van der Waals surface area contributed by atoms with Crippen molar-refractivity contribution in [3.8, 4) is 5.75 Å². The van der Waals surface area contributed by atoms with Gasteiger partial charge in [0.25, 0.3) is 0 Å². The first-order valence-electron chi connectivity index (χ1n) is 6.07. The minimum absolute atomic E-state index is 0.308. The van der Waals surface area contributed by atoms with E-state index in [1.165, 1.54) is 13.2 Å².